The normalized spacial score (nSPS) is 42.9. The van der Waals surface area contributed by atoms with Crippen molar-refractivity contribution in [2.45, 2.75) is 92.1 Å². The van der Waals surface area contributed by atoms with Crippen molar-refractivity contribution >= 4 is 16.4 Å². The van der Waals surface area contributed by atoms with Gasteiger partial charge in [0.15, 0.2) is 18.9 Å². The summed E-state index contributed by atoms with van der Waals surface area (Å²) in [6, 6.07) is 0. The molecule has 0 radical (unpaired) electrons. The number of rotatable bonds is 12. The van der Waals surface area contributed by atoms with E-state index in [4.69, 9.17) is 28.4 Å². The van der Waals surface area contributed by atoms with Gasteiger partial charge in [0.25, 0.3) is 0 Å². The monoisotopic (exact) mass is 682 g/mol. The average Bonchev–Trinajstić information content (AvgIpc) is 2.92. The first-order valence-electron chi connectivity index (χ1n) is 12.3. The first-order chi connectivity index (χ1) is 19.6. The van der Waals surface area contributed by atoms with Crippen LogP contribution in [0.3, 0.4) is 0 Å². The van der Waals surface area contributed by atoms with Crippen molar-refractivity contribution < 1.29 is 155 Å². The minimum atomic E-state index is -5.64. The topological polar surface area (TPSA) is 324 Å². The molecule has 8 N–H and O–H groups in total. The van der Waals surface area contributed by atoms with Gasteiger partial charge < -0.3 is 83.7 Å². The van der Waals surface area contributed by atoms with Crippen LogP contribution in [-0.4, -0.2) is 172 Å². The summed E-state index contributed by atoms with van der Waals surface area (Å²) in [5.74, 6) is -2.15. The fourth-order valence-corrected chi connectivity index (χ4v) is 5.05. The quantitative estimate of drug-likeness (QED) is 0.0410. The third kappa shape index (κ3) is 10.0. The molecule has 0 amide bonds. The van der Waals surface area contributed by atoms with Crippen molar-refractivity contribution in [3.05, 3.63) is 12.7 Å². The van der Waals surface area contributed by atoms with Gasteiger partial charge in [0, 0.05) is 0 Å². The van der Waals surface area contributed by atoms with E-state index in [0.717, 1.165) is 0 Å². The number of hydrogen-bond donors (Lipinski definition) is 8. The molecule has 3 saturated heterocycles. The molecule has 0 aromatic heterocycles. The van der Waals surface area contributed by atoms with Crippen LogP contribution in [0.5, 0.6) is 0 Å². The second-order valence-electron chi connectivity index (χ2n) is 9.43. The Balaban J connectivity index is 0.00000484. The number of aliphatic hydroxyl groups excluding tert-OH is 8. The zero-order valence-corrected chi connectivity index (χ0v) is 28.3. The van der Waals surface area contributed by atoms with E-state index in [2.05, 4.69) is 10.8 Å². The predicted molar refractivity (Wildman–Crippen MR) is 122 cm³/mol. The molecule has 3 heterocycles. The smallest absolute Gasteiger partial charge is 0.726 e. The summed E-state index contributed by atoms with van der Waals surface area (Å²) in [6.07, 6.45) is -28.6. The third-order valence-corrected chi connectivity index (χ3v) is 7.07. The number of carboxylic acids is 1. The molecule has 20 nitrogen and oxygen atoms in total. The summed E-state index contributed by atoms with van der Waals surface area (Å²) in [6.45, 7) is 1.55. The van der Waals surface area contributed by atoms with Crippen molar-refractivity contribution in [1.82, 2.24) is 0 Å². The predicted octanol–water partition coefficient (Wildman–Crippen LogP) is -14.1. The standard InChI is InChI=1S/C21H34O20S.2Na/c1-2-3-35-19-10(26)9(25)14(7(5-23)37-19)38-20-12(28)15(8(24)6(4-22)36-20)39-21-13(29)16(41-42(32,33)34)11(27)17(40-21)18(30)31;;/h2,6-17,19-29H,1,3-5H2,(H,30,31)(H,32,33,34);;/q;2*+1/p-2/t6-,7-,8+,9-,10-,11+,12-,13-,14-,15+,16+,17+,19-,20+,21-;;/m1../s1. The summed E-state index contributed by atoms with van der Waals surface area (Å²) in [4.78, 5) is 11.4. The van der Waals surface area contributed by atoms with Gasteiger partial charge >= 0.3 is 59.1 Å². The van der Waals surface area contributed by atoms with Gasteiger partial charge in [-0.3, -0.25) is 4.18 Å². The van der Waals surface area contributed by atoms with Gasteiger partial charge in [-0.05, 0) is 0 Å². The van der Waals surface area contributed by atoms with Crippen LogP contribution in [0.2, 0.25) is 0 Å². The fraction of sp³-hybridized carbons (Fsp3) is 0.857. The van der Waals surface area contributed by atoms with Gasteiger partial charge in [0.2, 0.25) is 10.4 Å². The Morgan fingerprint density at radius 3 is 1.80 bits per heavy atom. The molecular weight excluding hydrogens is 650 g/mol. The molecule has 0 aliphatic carbocycles. The number of ether oxygens (including phenoxy) is 6. The number of carbonyl (C=O) groups excluding carboxylic acids is 1. The minimum Gasteiger partial charge on any atom is -0.726 e. The van der Waals surface area contributed by atoms with E-state index >= 15 is 0 Å². The van der Waals surface area contributed by atoms with Crippen LogP contribution in [-0.2, 0) is 47.8 Å². The molecule has 0 aromatic carbocycles. The van der Waals surface area contributed by atoms with Gasteiger partial charge in [-0.1, -0.05) is 6.08 Å². The Hall–Kier alpha value is 0.520. The van der Waals surface area contributed by atoms with Crippen molar-refractivity contribution in [3.63, 3.8) is 0 Å². The zero-order valence-electron chi connectivity index (χ0n) is 23.5. The summed E-state index contributed by atoms with van der Waals surface area (Å²) in [5.41, 5.74) is 0. The Labute approximate surface area is 294 Å². The van der Waals surface area contributed by atoms with Crippen LogP contribution < -0.4 is 64.2 Å². The summed E-state index contributed by atoms with van der Waals surface area (Å²) < 4.78 is 69.0. The minimum absolute atomic E-state index is 0. The largest absolute Gasteiger partial charge is 1.00 e. The maximum Gasteiger partial charge on any atom is 1.00 e. The number of hydrogen-bond acceptors (Lipinski definition) is 20. The second-order valence-corrected chi connectivity index (χ2v) is 10.4. The van der Waals surface area contributed by atoms with Crippen LogP contribution in [0.4, 0.5) is 0 Å². The van der Waals surface area contributed by atoms with Crippen LogP contribution in [0.25, 0.3) is 0 Å². The molecule has 23 heteroatoms. The molecular formula is C21H32Na2O20S. The molecule has 3 aliphatic heterocycles. The Bertz CT molecular complexity index is 1020. The zero-order chi connectivity index (χ0) is 31.5. The molecule has 0 unspecified atom stereocenters. The van der Waals surface area contributed by atoms with Gasteiger partial charge in [-0.15, -0.1) is 6.58 Å². The van der Waals surface area contributed by atoms with Crippen LogP contribution in [0.1, 0.15) is 0 Å². The molecule has 15 atom stereocenters. The first kappa shape index (κ1) is 42.5. The van der Waals surface area contributed by atoms with Crippen LogP contribution in [0, 0.1) is 0 Å². The van der Waals surface area contributed by atoms with Crippen molar-refractivity contribution in [2.75, 3.05) is 19.8 Å². The number of carbonyl (C=O) groups is 1. The average molecular weight is 683 g/mol. The van der Waals surface area contributed by atoms with Gasteiger partial charge in [0.05, 0.1) is 25.8 Å². The summed E-state index contributed by atoms with van der Waals surface area (Å²) in [5, 5.41) is 94.0. The van der Waals surface area contributed by atoms with Crippen molar-refractivity contribution in [3.8, 4) is 0 Å². The SMILES string of the molecule is C=CCO[C@@H]1O[C@H](CO)[C@@H](O[C@@H]2O[C@H](CO)[C@H](O)[C@H](O[C@@H]3O[C@H](C(=O)[O-])[C@@H](O)[C@H](OS(=O)(=O)[O-])[C@H]3O)[C@H]2O)[C@H](O)[C@H]1O.[Na+].[Na+]. The Kier molecular flexibility index (Phi) is 17.7. The third-order valence-electron chi connectivity index (χ3n) is 6.61. The van der Waals surface area contributed by atoms with Crippen LogP contribution >= 0.6 is 0 Å². The van der Waals surface area contributed by atoms with E-state index in [1.54, 1.807) is 0 Å². The van der Waals surface area contributed by atoms with E-state index < -0.39 is 122 Å². The number of aliphatic hydroxyl groups is 8. The molecule has 44 heavy (non-hydrogen) atoms. The van der Waals surface area contributed by atoms with E-state index in [9.17, 15) is 63.7 Å². The van der Waals surface area contributed by atoms with Crippen molar-refractivity contribution in [2.24, 2.45) is 0 Å². The maximum absolute atomic E-state index is 11.4. The molecule has 3 aliphatic rings. The number of carboxylic acid groups (broad SMARTS) is 1. The molecule has 3 fully saturated rings. The van der Waals surface area contributed by atoms with E-state index in [1.807, 2.05) is 0 Å². The van der Waals surface area contributed by atoms with Crippen molar-refractivity contribution in [1.29, 1.82) is 0 Å². The van der Waals surface area contributed by atoms with E-state index in [0.29, 0.717) is 0 Å². The van der Waals surface area contributed by atoms with E-state index in [1.165, 1.54) is 6.08 Å². The Morgan fingerprint density at radius 2 is 1.27 bits per heavy atom. The van der Waals surface area contributed by atoms with Gasteiger partial charge in [0.1, 0.15) is 73.2 Å². The van der Waals surface area contributed by atoms with Gasteiger partial charge in [-0.2, -0.15) is 0 Å². The molecule has 0 bridgehead atoms. The van der Waals surface area contributed by atoms with Gasteiger partial charge in [-0.25, -0.2) is 8.42 Å². The molecule has 3 rings (SSSR count). The first-order valence-corrected chi connectivity index (χ1v) is 13.6. The number of aliphatic carboxylic acids is 1. The van der Waals surface area contributed by atoms with E-state index in [-0.39, 0.29) is 65.7 Å². The summed E-state index contributed by atoms with van der Waals surface area (Å²) >= 11 is 0. The van der Waals surface area contributed by atoms with Crippen LogP contribution in [0.15, 0.2) is 12.7 Å². The molecule has 0 saturated carbocycles. The summed E-state index contributed by atoms with van der Waals surface area (Å²) in [7, 11) is -5.64. The Morgan fingerprint density at radius 1 is 0.750 bits per heavy atom. The molecule has 244 valence electrons. The molecule has 0 aromatic rings. The molecule has 0 spiro atoms. The second kappa shape index (κ2) is 18.3. The fourth-order valence-electron chi connectivity index (χ4n) is 4.55. The maximum atomic E-state index is 11.4.